The van der Waals surface area contributed by atoms with Crippen LogP contribution in [0.1, 0.15) is 18.1 Å². The van der Waals surface area contributed by atoms with Gasteiger partial charge in [0.2, 0.25) is 5.91 Å². The minimum Gasteiger partial charge on any atom is -0.337 e. The molecule has 1 aromatic carbocycles. The maximum Gasteiger partial charge on any atom is 0.227 e. The molecule has 1 aromatic rings. The summed E-state index contributed by atoms with van der Waals surface area (Å²) in [6.07, 6.45) is 0.518. The first kappa shape index (κ1) is 12.1. The quantitative estimate of drug-likeness (QED) is 0.850. The highest BCUT2D eigenvalue weighted by molar-refractivity contribution is 5.79. The molecule has 0 spiro atoms. The van der Waals surface area contributed by atoms with Gasteiger partial charge in [-0.25, -0.2) is 0 Å². The first-order chi connectivity index (χ1) is 8.20. The Morgan fingerprint density at radius 2 is 2.00 bits per heavy atom. The number of amides is 1. The fraction of sp³-hybridized carbons (Fsp3) is 0.500. The van der Waals surface area contributed by atoms with E-state index in [1.807, 2.05) is 24.0 Å². The summed E-state index contributed by atoms with van der Waals surface area (Å²) in [7, 11) is 0. The second kappa shape index (κ2) is 5.32. The molecular weight excluding hydrogens is 212 g/mol. The molecule has 0 saturated carbocycles. The topological polar surface area (TPSA) is 32.3 Å². The maximum atomic E-state index is 12.2. The van der Waals surface area contributed by atoms with Crippen molar-refractivity contribution in [1.29, 1.82) is 0 Å². The van der Waals surface area contributed by atoms with Crippen molar-refractivity contribution in [1.82, 2.24) is 10.2 Å². The van der Waals surface area contributed by atoms with Gasteiger partial charge < -0.3 is 10.2 Å². The summed E-state index contributed by atoms with van der Waals surface area (Å²) in [5, 5.41) is 3.21. The van der Waals surface area contributed by atoms with Gasteiger partial charge in [-0.15, -0.1) is 0 Å². The number of hydrogen-bond donors (Lipinski definition) is 1. The molecule has 1 aliphatic heterocycles. The van der Waals surface area contributed by atoms with E-state index in [0.29, 0.717) is 12.5 Å². The molecule has 0 unspecified atom stereocenters. The van der Waals surface area contributed by atoms with Gasteiger partial charge in [0.1, 0.15) is 0 Å². The molecule has 1 aliphatic rings. The second-order valence-corrected chi connectivity index (χ2v) is 4.65. The van der Waals surface area contributed by atoms with Gasteiger partial charge in [-0.2, -0.15) is 0 Å². The van der Waals surface area contributed by atoms with Crippen molar-refractivity contribution in [3.63, 3.8) is 0 Å². The van der Waals surface area contributed by atoms with Crippen molar-refractivity contribution in [2.75, 3.05) is 19.6 Å². The number of carbonyl (C=O) groups is 1. The summed E-state index contributed by atoms with van der Waals surface area (Å²) in [6.45, 7) is 6.79. The Kier molecular flexibility index (Phi) is 3.79. The molecular formula is C14H20N2O. The molecule has 0 atom stereocenters. The number of hydrogen-bond acceptors (Lipinski definition) is 2. The lowest BCUT2D eigenvalue weighted by Gasteiger charge is -2.37. The van der Waals surface area contributed by atoms with Crippen LogP contribution in [-0.4, -0.2) is 36.5 Å². The highest BCUT2D eigenvalue weighted by Crippen LogP contribution is 2.10. The summed E-state index contributed by atoms with van der Waals surface area (Å²) in [6, 6.07) is 8.60. The van der Waals surface area contributed by atoms with E-state index >= 15 is 0 Å². The Morgan fingerprint density at radius 3 is 2.47 bits per heavy atom. The van der Waals surface area contributed by atoms with Gasteiger partial charge in [0.15, 0.2) is 0 Å². The first-order valence-electron chi connectivity index (χ1n) is 6.26. The van der Waals surface area contributed by atoms with E-state index in [1.54, 1.807) is 0 Å². The van der Waals surface area contributed by atoms with Crippen molar-refractivity contribution < 1.29 is 4.79 Å². The highest BCUT2D eigenvalue weighted by Gasteiger charge is 2.26. The van der Waals surface area contributed by atoms with Crippen LogP contribution < -0.4 is 5.32 Å². The molecule has 92 valence electrons. The van der Waals surface area contributed by atoms with E-state index in [4.69, 9.17) is 0 Å². The van der Waals surface area contributed by atoms with Crippen LogP contribution >= 0.6 is 0 Å². The van der Waals surface area contributed by atoms with E-state index in [2.05, 4.69) is 24.4 Å². The van der Waals surface area contributed by atoms with Gasteiger partial charge in [-0.3, -0.25) is 4.79 Å². The van der Waals surface area contributed by atoms with Crippen LogP contribution in [0.4, 0.5) is 0 Å². The number of likely N-dealkylation sites (N-methyl/N-ethyl adjacent to an activating group) is 1. The predicted octanol–water partition coefficient (Wildman–Crippen LogP) is 1.36. The largest absolute Gasteiger partial charge is 0.337 e. The molecule has 3 heteroatoms. The normalized spacial score (nSPS) is 15.4. The van der Waals surface area contributed by atoms with Crippen LogP contribution in [0.15, 0.2) is 24.3 Å². The third kappa shape index (κ3) is 2.86. The smallest absolute Gasteiger partial charge is 0.227 e. The molecule has 0 bridgehead atoms. The molecule has 2 rings (SSSR count). The van der Waals surface area contributed by atoms with Crippen molar-refractivity contribution in [3.05, 3.63) is 35.4 Å². The molecule has 1 saturated heterocycles. The van der Waals surface area contributed by atoms with Crippen molar-refractivity contribution in [2.24, 2.45) is 0 Å². The average Bonchev–Trinajstić information content (AvgIpc) is 2.26. The lowest BCUT2D eigenvalue weighted by molar-refractivity contribution is -0.133. The summed E-state index contributed by atoms with van der Waals surface area (Å²) in [5.74, 6) is 0.239. The molecule has 0 radical (unpaired) electrons. The zero-order chi connectivity index (χ0) is 12.3. The SMILES string of the molecule is CCN(C(=O)Cc1ccc(C)cc1)C1CNC1. The molecule has 1 fully saturated rings. The zero-order valence-corrected chi connectivity index (χ0v) is 10.6. The van der Waals surface area contributed by atoms with Gasteiger partial charge in [0.25, 0.3) is 0 Å². The molecule has 0 aliphatic carbocycles. The van der Waals surface area contributed by atoms with E-state index in [0.717, 1.165) is 25.2 Å². The summed E-state index contributed by atoms with van der Waals surface area (Å²) < 4.78 is 0. The van der Waals surface area contributed by atoms with Crippen LogP contribution in [0.5, 0.6) is 0 Å². The molecule has 3 nitrogen and oxygen atoms in total. The molecule has 17 heavy (non-hydrogen) atoms. The number of carbonyl (C=O) groups excluding carboxylic acids is 1. The summed E-state index contributed by atoms with van der Waals surface area (Å²) in [5.41, 5.74) is 2.34. The Hall–Kier alpha value is -1.35. The Morgan fingerprint density at radius 1 is 1.35 bits per heavy atom. The number of nitrogens with one attached hydrogen (secondary N) is 1. The Bertz CT molecular complexity index is 382. The highest BCUT2D eigenvalue weighted by atomic mass is 16.2. The lowest BCUT2D eigenvalue weighted by Crippen LogP contribution is -2.59. The first-order valence-corrected chi connectivity index (χ1v) is 6.26. The molecule has 1 N–H and O–H groups in total. The van der Waals surface area contributed by atoms with Crippen molar-refractivity contribution in [3.8, 4) is 0 Å². The van der Waals surface area contributed by atoms with Crippen LogP contribution in [-0.2, 0) is 11.2 Å². The van der Waals surface area contributed by atoms with Gasteiger partial charge in [0, 0.05) is 19.6 Å². The number of aryl methyl sites for hydroxylation is 1. The maximum absolute atomic E-state index is 12.2. The molecule has 1 amide bonds. The fourth-order valence-corrected chi connectivity index (χ4v) is 2.11. The third-order valence-corrected chi connectivity index (χ3v) is 3.34. The van der Waals surface area contributed by atoms with Crippen LogP contribution in [0, 0.1) is 6.92 Å². The minimum atomic E-state index is 0.239. The third-order valence-electron chi connectivity index (χ3n) is 3.34. The van der Waals surface area contributed by atoms with Gasteiger partial charge in [-0.05, 0) is 19.4 Å². The standard InChI is InChI=1S/C14H20N2O/c1-3-16(13-9-15-10-13)14(17)8-12-6-4-11(2)5-7-12/h4-7,13,15H,3,8-10H2,1-2H3. The van der Waals surface area contributed by atoms with Crippen molar-refractivity contribution in [2.45, 2.75) is 26.3 Å². The zero-order valence-electron chi connectivity index (χ0n) is 10.6. The van der Waals surface area contributed by atoms with Gasteiger partial charge >= 0.3 is 0 Å². The molecule has 0 aromatic heterocycles. The summed E-state index contributed by atoms with van der Waals surface area (Å²) >= 11 is 0. The van der Waals surface area contributed by atoms with Crippen LogP contribution in [0.2, 0.25) is 0 Å². The van der Waals surface area contributed by atoms with Crippen LogP contribution in [0.3, 0.4) is 0 Å². The van der Waals surface area contributed by atoms with E-state index in [-0.39, 0.29) is 5.91 Å². The minimum absolute atomic E-state index is 0.239. The Balaban J connectivity index is 1.97. The fourth-order valence-electron chi connectivity index (χ4n) is 2.11. The van der Waals surface area contributed by atoms with Gasteiger partial charge in [0.05, 0.1) is 12.5 Å². The predicted molar refractivity (Wildman–Crippen MR) is 68.9 cm³/mol. The summed E-state index contributed by atoms with van der Waals surface area (Å²) in [4.78, 5) is 14.1. The van der Waals surface area contributed by atoms with Gasteiger partial charge in [-0.1, -0.05) is 29.8 Å². The van der Waals surface area contributed by atoms with E-state index in [1.165, 1.54) is 5.56 Å². The number of rotatable bonds is 4. The van der Waals surface area contributed by atoms with E-state index < -0.39 is 0 Å². The monoisotopic (exact) mass is 232 g/mol. The lowest BCUT2D eigenvalue weighted by atomic mass is 10.1. The number of benzene rings is 1. The second-order valence-electron chi connectivity index (χ2n) is 4.65. The molecule has 1 heterocycles. The van der Waals surface area contributed by atoms with Crippen molar-refractivity contribution >= 4 is 5.91 Å². The average molecular weight is 232 g/mol. The van der Waals surface area contributed by atoms with E-state index in [9.17, 15) is 4.79 Å². The Labute approximate surface area is 103 Å². The van der Waals surface area contributed by atoms with Crippen LogP contribution in [0.25, 0.3) is 0 Å². The number of nitrogens with zero attached hydrogens (tertiary/aromatic N) is 1.